The van der Waals surface area contributed by atoms with E-state index in [1.54, 1.807) is 6.08 Å². The number of aliphatic hydroxyl groups excluding tert-OH is 2. The molecule has 0 saturated carbocycles. The van der Waals surface area contributed by atoms with Crippen molar-refractivity contribution in [2.75, 3.05) is 0 Å². The minimum atomic E-state index is -0.690. The van der Waals surface area contributed by atoms with Crippen LogP contribution in [0.2, 0.25) is 0 Å². The summed E-state index contributed by atoms with van der Waals surface area (Å²) in [6.45, 7) is 1.54. The number of hydrogen-bond acceptors (Lipinski definition) is 4. The molecule has 0 bridgehead atoms. The smallest absolute Gasteiger partial charge is 0.0831 e. The van der Waals surface area contributed by atoms with E-state index in [1.807, 2.05) is 0 Å². The van der Waals surface area contributed by atoms with Crippen LogP contribution in [0.3, 0.4) is 0 Å². The maximum absolute atomic E-state index is 8.90. The number of nitrogens with two attached hydrogens (primary N) is 1. The highest BCUT2D eigenvalue weighted by Crippen LogP contribution is 1.97. The fourth-order valence-electron chi connectivity index (χ4n) is 0.415. The van der Waals surface area contributed by atoms with Crippen LogP contribution in [0.1, 0.15) is 13.3 Å². The van der Waals surface area contributed by atoms with Crippen molar-refractivity contribution < 1.29 is 15.7 Å². The van der Waals surface area contributed by atoms with Gasteiger partial charge in [0, 0.05) is 0 Å². The Kier molecular flexibility index (Phi) is 14.3. The van der Waals surface area contributed by atoms with Gasteiger partial charge in [0.2, 0.25) is 0 Å². The van der Waals surface area contributed by atoms with Gasteiger partial charge in [0.05, 0.1) is 12.2 Å². The van der Waals surface area contributed by atoms with E-state index in [-0.39, 0.29) is 11.6 Å². The number of rotatable bonds is 3. The van der Waals surface area contributed by atoms with Crippen LogP contribution in [0.4, 0.5) is 0 Å². The van der Waals surface area contributed by atoms with Gasteiger partial charge >= 0.3 is 0 Å². The predicted octanol–water partition coefficient (Wildman–Crippen LogP) is -1.07. The molecule has 0 heterocycles. The highest BCUT2D eigenvalue weighted by molar-refractivity contribution is 4.80. The van der Waals surface area contributed by atoms with Crippen LogP contribution in [0.15, 0.2) is 12.3 Å². The molecule has 0 rings (SSSR count). The Labute approximate surface area is 66.4 Å². The van der Waals surface area contributed by atoms with Crippen LogP contribution >= 0.6 is 0 Å². The Balaban J connectivity index is -0.000000320. The first-order valence-electron chi connectivity index (χ1n) is 2.91. The molecular weight excluding hydrogens is 148 g/mol. The summed E-state index contributed by atoms with van der Waals surface area (Å²) < 4.78 is 0. The summed E-state index contributed by atoms with van der Waals surface area (Å²) in [7, 11) is 0. The van der Waals surface area contributed by atoms with Gasteiger partial charge in [0.15, 0.2) is 0 Å². The lowest BCUT2D eigenvalue weighted by molar-refractivity contribution is 0.0336. The Morgan fingerprint density at radius 3 is 2.18 bits per heavy atom. The molecule has 0 aliphatic rings. The van der Waals surface area contributed by atoms with E-state index >= 15 is 0 Å². The standard InChI is InChI=1S/C6H13NO2.H3N.H2O/c1-5(8)6(9)3-2-4-7;;/h2,4-6,8-9H,3,7H2,1H3;1H3;1H2. The van der Waals surface area contributed by atoms with Gasteiger partial charge in [-0.1, -0.05) is 6.08 Å². The number of aliphatic hydroxyl groups is 2. The van der Waals surface area contributed by atoms with Crippen molar-refractivity contribution in [3.05, 3.63) is 12.3 Å². The second-order valence-corrected chi connectivity index (χ2v) is 1.97. The van der Waals surface area contributed by atoms with Crippen molar-refractivity contribution >= 4 is 0 Å². The lowest BCUT2D eigenvalue weighted by atomic mass is 10.2. The molecule has 0 saturated heterocycles. The van der Waals surface area contributed by atoms with Gasteiger partial charge < -0.3 is 27.6 Å². The maximum Gasteiger partial charge on any atom is 0.0831 e. The summed E-state index contributed by atoms with van der Waals surface area (Å²) in [5.74, 6) is 0. The van der Waals surface area contributed by atoms with Crippen molar-refractivity contribution in [3.63, 3.8) is 0 Å². The molecule has 5 nitrogen and oxygen atoms in total. The quantitative estimate of drug-likeness (QED) is 0.424. The van der Waals surface area contributed by atoms with Gasteiger partial charge in [0.25, 0.3) is 0 Å². The molecule has 5 heteroatoms. The Morgan fingerprint density at radius 2 is 1.91 bits per heavy atom. The Bertz CT molecular complexity index is 95.8. The zero-order chi connectivity index (χ0) is 7.28. The SMILES string of the molecule is CC(O)C(O)CC=CN.N.O. The Morgan fingerprint density at radius 1 is 1.45 bits per heavy atom. The summed E-state index contributed by atoms with van der Waals surface area (Å²) >= 11 is 0. The van der Waals surface area contributed by atoms with E-state index in [9.17, 15) is 0 Å². The molecule has 2 unspecified atom stereocenters. The second kappa shape index (κ2) is 9.38. The third-order valence-corrected chi connectivity index (χ3v) is 1.07. The first-order chi connectivity index (χ1) is 4.18. The summed E-state index contributed by atoms with van der Waals surface area (Å²) in [6.07, 6.45) is 2.00. The maximum atomic E-state index is 8.90. The minimum Gasteiger partial charge on any atom is -0.412 e. The highest BCUT2D eigenvalue weighted by Gasteiger charge is 2.06. The topological polar surface area (TPSA) is 133 Å². The molecule has 0 radical (unpaired) electrons. The molecule has 0 aliphatic carbocycles. The summed E-state index contributed by atoms with van der Waals surface area (Å²) in [5, 5.41) is 17.6. The zero-order valence-corrected chi connectivity index (χ0v) is 6.70. The van der Waals surface area contributed by atoms with Gasteiger partial charge in [-0.3, -0.25) is 0 Å². The average molecular weight is 166 g/mol. The van der Waals surface area contributed by atoms with Crippen LogP contribution in [-0.4, -0.2) is 27.9 Å². The molecule has 9 N–H and O–H groups in total. The molecule has 0 spiro atoms. The molecule has 0 aromatic carbocycles. The number of hydrogen-bond donors (Lipinski definition) is 4. The minimum absolute atomic E-state index is 0. The van der Waals surface area contributed by atoms with E-state index < -0.39 is 12.2 Å². The van der Waals surface area contributed by atoms with Crippen molar-refractivity contribution in [1.82, 2.24) is 6.15 Å². The van der Waals surface area contributed by atoms with E-state index in [2.05, 4.69) is 0 Å². The third-order valence-electron chi connectivity index (χ3n) is 1.07. The summed E-state index contributed by atoms with van der Waals surface area (Å²) in [5.41, 5.74) is 5.00. The van der Waals surface area contributed by atoms with Crippen molar-refractivity contribution in [2.45, 2.75) is 25.6 Å². The second-order valence-electron chi connectivity index (χ2n) is 1.97. The average Bonchev–Trinajstić information content (AvgIpc) is 1.82. The fourth-order valence-corrected chi connectivity index (χ4v) is 0.415. The van der Waals surface area contributed by atoms with Crippen LogP contribution in [-0.2, 0) is 0 Å². The van der Waals surface area contributed by atoms with E-state index in [0.717, 1.165) is 0 Å². The first kappa shape index (κ1) is 16.8. The molecule has 0 aliphatic heterocycles. The normalized spacial score (nSPS) is 14.8. The fraction of sp³-hybridized carbons (Fsp3) is 0.667. The monoisotopic (exact) mass is 166 g/mol. The van der Waals surface area contributed by atoms with Crippen molar-refractivity contribution in [3.8, 4) is 0 Å². The molecule has 0 aromatic heterocycles. The third kappa shape index (κ3) is 9.38. The largest absolute Gasteiger partial charge is 0.412 e. The van der Waals surface area contributed by atoms with Gasteiger partial charge in [-0.2, -0.15) is 0 Å². The Hall–Kier alpha value is -0.620. The summed E-state index contributed by atoms with van der Waals surface area (Å²) in [4.78, 5) is 0. The van der Waals surface area contributed by atoms with E-state index in [1.165, 1.54) is 13.1 Å². The predicted molar refractivity (Wildman–Crippen MR) is 44.3 cm³/mol. The molecule has 0 aromatic rings. The van der Waals surface area contributed by atoms with Crippen LogP contribution in [0.25, 0.3) is 0 Å². The van der Waals surface area contributed by atoms with Gasteiger partial charge in [-0.15, -0.1) is 0 Å². The molecule has 0 fully saturated rings. The van der Waals surface area contributed by atoms with Crippen LogP contribution in [0.5, 0.6) is 0 Å². The molecule has 2 atom stereocenters. The molecule has 0 amide bonds. The van der Waals surface area contributed by atoms with Gasteiger partial charge in [-0.25, -0.2) is 0 Å². The molecule has 11 heavy (non-hydrogen) atoms. The van der Waals surface area contributed by atoms with Gasteiger partial charge in [0.1, 0.15) is 0 Å². The van der Waals surface area contributed by atoms with Crippen LogP contribution < -0.4 is 11.9 Å². The van der Waals surface area contributed by atoms with Crippen molar-refractivity contribution in [1.29, 1.82) is 0 Å². The van der Waals surface area contributed by atoms with Crippen molar-refractivity contribution in [2.24, 2.45) is 5.73 Å². The lowest BCUT2D eigenvalue weighted by Gasteiger charge is -2.09. The van der Waals surface area contributed by atoms with E-state index in [4.69, 9.17) is 15.9 Å². The zero-order valence-electron chi connectivity index (χ0n) is 6.70. The molecular formula is C6H18N2O3. The summed E-state index contributed by atoms with van der Waals surface area (Å²) in [6, 6.07) is 0. The molecule has 70 valence electrons. The van der Waals surface area contributed by atoms with Crippen LogP contribution in [0, 0.1) is 0 Å². The first-order valence-corrected chi connectivity index (χ1v) is 2.91. The van der Waals surface area contributed by atoms with Gasteiger partial charge in [-0.05, 0) is 19.5 Å². The van der Waals surface area contributed by atoms with E-state index in [0.29, 0.717) is 6.42 Å². The highest BCUT2D eigenvalue weighted by atomic mass is 16.3. The lowest BCUT2D eigenvalue weighted by Crippen LogP contribution is -2.21.